The lowest BCUT2D eigenvalue weighted by atomic mass is 9.93. The molecule has 1 atom stereocenters. The number of rotatable bonds is 4. The monoisotopic (exact) mass is 272 g/mol. The number of piperidine rings is 1. The Bertz CT molecular complexity index is 522. The second-order valence-electron chi connectivity index (χ2n) is 5.83. The summed E-state index contributed by atoms with van der Waals surface area (Å²) < 4.78 is 6.01. The maximum absolute atomic E-state index is 6.02. The molecule has 1 aliphatic heterocycles. The number of likely N-dealkylation sites (tertiary alicyclic amines) is 1. The zero-order valence-corrected chi connectivity index (χ0v) is 12.2. The second kappa shape index (κ2) is 5.98. The van der Waals surface area contributed by atoms with Crippen LogP contribution in [0.5, 0.6) is 0 Å². The van der Waals surface area contributed by atoms with Crippen molar-refractivity contribution in [2.45, 2.75) is 32.2 Å². The Hall–Kier alpha value is -1.32. The van der Waals surface area contributed by atoms with Gasteiger partial charge in [0.1, 0.15) is 11.3 Å². The Morgan fingerprint density at radius 2 is 2.05 bits per heavy atom. The minimum absolute atomic E-state index is 0.222. The fraction of sp³-hybridized carbons (Fsp3) is 0.529. The van der Waals surface area contributed by atoms with Gasteiger partial charge in [0.15, 0.2) is 0 Å². The molecule has 3 rings (SSSR count). The number of fused-ring (bicyclic) bond motifs is 1. The fourth-order valence-electron chi connectivity index (χ4n) is 3.28. The van der Waals surface area contributed by atoms with Crippen molar-refractivity contribution in [3.63, 3.8) is 0 Å². The molecule has 0 aliphatic carbocycles. The van der Waals surface area contributed by atoms with E-state index in [1.807, 2.05) is 18.2 Å². The molecule has 1 aliphatic rings. The first-order chi connectivity index (χ1) is 9.81. The molecule has 1 fully saturated rings. The molecule has 0 amide bonds. The highest BCUT2D eigenvalue weighted by atomic mass is 16.3. The third-order valence-corrected chi connectivity index (χ3v) is 4.66. The lowest BCUT2D eigenvalue weighted by Gasteiger charge is -2.35. The summed E-state index contributed by atoms with van der Waals surface area (Å²) in [6, 6.07) is 10.6. The number of para-hydroxylation sites is 1. The van der Waals surface area contributed by atoms with E-state index in [0.29, 0.717) is 6.54 Å². The highest BCUT2D eigenvalue weighted by molar-refractivity contribution is 5.77. The van der Waals surface area contributed by atoms with Gasteiger partial charge in [-0.2, -0.15) is 0 Å². The summed E-state index contributed by atoms with van der Waals surface area (Å²) >= 11 is 0. The third-order valence-electron chi connectivity index (χ3n) is 4.66. The second-order valence-corrected chi connectivity index (χ2v) is 5.83. The first-order valence-electron chi connectivity index (χ1n) is 7.74. The molecule has 2 aromatic rings. The van der Waals surface area contributed by atoms with Crippen LogP contribution in [0.25, 0.3) is 11.0 Å². The van der Waals surface area contributed by atoms with Crippen molar-refractivity contribution >= 4 is 11.0 Å². The average Bonchev–Trinajstić information content (AvgIpc) is 2.92. The van der Waals surface area contributed by atoms with Crippen LogP contribution in [0.2, 0.25) is 0 Å². The number of benzene rings is 1. The molecule has 1 aromatic carbocycles. The van der Waals surface area contributed by atoms with Crippen LogP contribution in [0.1, 0.15) is 38.0 Å². The van der Waals surface area contributed by atoms with Gasteiger partial charge in [-0.15, -0.1) is 0 Å². The van der Waals surface area contributed by atoms with Crippen LogP contribution in [-0.2, 0) is 0 Å². The molecule has 20 heavy (non-hydrogen) atoms. The zero-order chi connectivity index (χ0) is 13.9. The Kier molecular flexibility index (Phi) is 4.08. The van der Waals surface area contributed by atoms with E-state index in [1.165, 1.54) is 24.6 Å². The molecule has 0 bridgehead atoms. The summed E-state index contributed by atoms with van der Waals surface area (Å²) in [4.78, 5) is 2.49. The van der Waals surface area contributed by atoms with E-state index in [1.54, 1.807) is 0 Å². The van der Waals surface area contributed by atoms with Gasteiger partial charge in [-0.3, -0.25) is 4.90 Å². The van der Waals surface area contributed by atoms with E-state index in [-0.39, 0.29) is 6.04 Å². The van der Waals surface area contributed by atoms with Crippen molar-refractivity contribution < 1.29 is 4.42 Å². The van der Waals surface area contributed by atoms with Gasteiger partial charge in [0.05, 0.1) is 6.04 Å². The minimum Gasteiger partial charge on any atom is -0.459 e. The SMILES string of the molecule is CCC1CCN(C(CN)c2cc3ccccc3o2)CC1. The smallest absolute Gasteiger partial charge is 0.134 e. The molecule has 1 unspecified atom stereocenters. The quantitative estimate of drug-likeness (QED) is 0.925. The molecule has 108 valence electrons. The third kappa shape index (κ3) is 2.60. The summed E-state index contributed by atoms with van der Waals surface area (Å²) in [7, 11) is 0. The summed E-state index contributed by atoms with van der Waals surface area (Å²) in [5.74, 6) is 1.91. The minimum atomic E-state index is 0.222. The summed E-state index contributed by atoms with van der Waals surface area (Å²) in [6.07, 6.45) is 3.87. The van der Waals surface area contributed by atoms with E-state index in [9.17, 15) is 0 Å². The van der Waals surface area contributed by atoms with E-state index >= 15 is 0 Å². The van der Waals surface area contributed by atoms with E-state index < -0.39 is 0 Å². The van der Waals surface area contributed by atoms with Crippen LogP contribution in [0.4, 0.5) is 0 Å². The van der Waals surface area contributed by atoms with Crippen molar-refractivity contribution in [2.24, 2.45) is 11.7 Å². The molecule has 1 saturated heterocycles. The van der Waals surface area contributed by atoms with Crippen molar-refractivity contribution in [2.75, 3.05) is 19.6 Å². The standard InChI is InChI=1S/C17H24N2O/c1-2-13-7-9-19(10-8-13)15(12-18)17-11-14-5-3-4-6-16(14)20-17/h3-6,11,13,15H,2,7-10,12,18H2,1H3. The lowest BCUT2D eigenvalue weighted by molar-refractivity contribution is 0.122. The molecule has 3 heteroatoms. The zero-order valence-electron chi connectivity index (χ0n) is 12.2. The number of furan rings is 1. The summed E-state index contributed by atoms with van der Waals surface area (Å²) in [6.45, 7) is 5.19. The highest BCUT2D eigenvalue weighted by Crippen LogP contribution is 2.30. The van der Waals surface area contributed by atoms with Crippen molar-refractivity contribution in [1.29, 1.82) is 0 Å². The molecular formula is C17H24N2O. The molecule has 2 N–H and O–H groups in total. The van der Waals surface area contributed by atoms with Gasteiger partial charge in [-0.1, -0.05) is 31.5 Å². The van der Waals surface area contributed by atoms with Crippen LogP contribution < -0.4 is 5.73 Å². The van der Waals surface area contributed by atoms with Gasteiger partial charge in [0.2, 0.25) is 0 Å². The molecule has 0 radical (unpaired) electrons. The predicted molar refractivity (Wildman–Crippen MR) is 82.6 cm³/mol. The molecule has 0 saturated carbocycles. The summed E-state index contributed by atoms with van der Waals surface area (Å²) in [5.41, 5.74) is 6.99. The van der Waals surface area contributed by atoms with Crippen molar-refractivity contribution in [3.05, 3.63) is 36.1 Å². The largest absolute Gasteiger partial charge is 0.459 e. The van der Waals surface area contributed by atoms with Crippen molar-refractivity contribution in [1.82, 2.24) is 4.90 Å². The van der Waals surface area contributed by atoms with Crippen molar-refractivity contribution in [3.8, 4) is 0 Å². The summed E-state index contributed by atoms with van der Waals surface area (Å²) in [5, 5.41) is 1.17. The maximum atomic E-state index is 6.02. The Balaban J connectivity index is 1.79. The first kappa shape index (κ1) is 13.7. The van der Waals surface area contributed by atoms with Gasteiger partial charge >= 0.3 is 0 Å². The van der Waals surface area contributed by atoms with Gasteiger partial charge in [-0.25, -0.2) is 0 Å². The fourth-order valence-corrected chi connectivity index (χ4v) is 3.28. The maximum Gasteiger partial charge on any atom is 0.134 e. The van der Waals surface area contributed by atoms with Crippen LogP contribution in [0.15, 0.2) is 34.7 Å². The molecule has 1 aromatic heterocycles. The normalized spacial score (nSPS) is 19.5. The molecule has 3 nitrogen and oxygen atoms in total. The first-order valence-corrected chi connectivity index (χ1v) is 7.74. The van der Waals surface area contributed by atoms with E-state index in [0.717, 1.165) is 30.4 Å². The van der Waals surface area contributed by atoms with Gasteiger partial charge < -0.3 is 10.2 Å². The lowest BCUT2D eigenvalue weighted by Crippen LogP contribution is -2.39. The Morgan fingerprint density at radius 1 is 1.30 bits per heavy atom. The van der Waals surface area contributed by atoms with Crippen LogP contribution >= 0.6 is 0 Å². The van der Waals surface area contributed by atoms with E-state index in [2.05, 4.69) is 24.0 Å². The molecule has 2 heterocycles. The van der Waals surface area contributed by atoms with Crippen LogP contribution in [-0.4, -0.2) is 24.5 Å². The van der Waals surface area contributed by atoms with Gasteiger partial charge in [0.25, 0.3) is 0 Å². The van der Waals surface area contributed by atoms with Gasteiger partial charge in [0, 0.05) is 11.9 Å². The number of hydrogen-bond donors (Lipinski definition) is 1. The Labute approximate surface area is 120 Å². The van der Waals surface area contributed by atoms with Crippen LogP contribution in [0.3, 0.4) is 0 Å². The topological polar surface area (TPSA) is 42.4 Å². The average molecular weight is 272 g/mol. The van der Waals surface area contributed by atoms with E-state index in [4.69, 9.17) is 10.2 Å². The predicted octanol–water partition coefficient (Wildman–Crippen LogP) is 3.55. The highest BCUT2D eigenvalue weighted by Gasteiger charge is 2.26. The molecule has 0 spiro atoms. The van der Waals surface area contributed by atoms with Gasteiger partial charge in [-0.05, 0) is 44.0 Å². The number of nitrogens with two attached hydrogens (primary N) is 1. The number of nitrogens with zero attached hydrogens (tertiary/aromatic N) is 1. The van der Waals surface area contributed by atoms with Crippen LogP contribution in [0, 0.1) is 5.92 Å². The number of hydrogen-bond acceptors (Lipinski definition) is 3. The molecular weight excluding hydrogens is 248 g/mol. The Morgan fingerprint density at radius 3 is 2.70 bits per heavy atom.